The molecule has 0 amide bonds. The number of nitrogens with one attached hydrogen (secondary N) is 2. The molecule has 11 heteroatoms. The van der Waals surface area contributed by atoms with Gasteiger partial charge in [0, 0.05) is 0 Å². The van der Waals surface area contributed by atoms with Crippen molar-refractivity contribution < 1.29 is 23.6 Å². The first-order valence-corrected chi connectivity index (χ1v) is 8.02. The van der Waals surface area contributed by atoms with Crippen LogP contribution in [0.4, 0.5) is 5.69 Å². The van der Waals surface area contributed by atoms with Gasteiger partial charge >= 0.3 is 22.9 Å². The lowest BCUT2D eigenvalue weighted by Gasteiger charge is -2.09. The number of ether oxygens (including phenoxy) is 2. The van der Waals surface area contributed by atoms with Crippen LogP contribution in [0.3, 0.4) is 0 Å². The van der Waals surface area contributed by atoms with Crippen molar-refractivity contribution in [2.75, 3.05) is 7.11 Å². The van der Waals surface area contributed by atoms with E-state index in [1.165, 1.54) is 43.7 Å². The number of benzene rings is 1. The number of hydrogen-bond donors (Lipinski definition) is 2. The fraction of sp³-hybridized carbons (Fsp3) is 0.0556. The van der Waals surface area contributed by atoms with Crippen molar-refractivity contribution in [3.8, 4) is 11.5 Å². The Morgan fingerprint density at radius 2 is 1.97 bits per heavy atom. The van der Waals surface area contributed by atoms with E-state index in [2.05, 4.69) is 4.98 Å². The van der Waals surface area contributed by atoms with E-state index in [1.54, 1.807) is 17.1 Å². The SMILES string of the molecule is COc1cc(/C=C/c2[nH]c(=O)[nH]c(=O)c2[N+](=O)[O-])ccc1OC(=O)c1ccco1. The van der Waals surface area contributed by atoms with Gasteiger partial charge in [0.15, 0.2) is 11.5 Å². The van der Waals surface area contributed by atoms with E-state index in [0.29, 0.717) is 5.56 Å². The fourth-order valence-corrected chi connectivity index (χ4v) is 2.40. The normalized spacial score (nSPS) is 10.8. The monoisotopic (exact) mass is 399 g/mol. The first kappa shape index (κ1) is 19.4. The number of aromatic nitrogens is 2. The van der Waals surface area contributed by atoms with Crippen LogP contribution < -0.4 is 20.7 Å². The molecule has 11 nitrogen and oxygen atoms in total. The predicted octanol–water partition coefficient (Wildman–Crippen LogP) is 1.96. The third-order valence-electron chi connectivity index (χ3n) is 3.68. The number of H-pyrrole nitrogens is 2. The van der Waals surface area contributed by atoms with Crippen LogP contribution in [0.5, 0.6) is 11.5 Å². The highest BCUT2D eigenvalue weighted by molar-refractivity contribution is 5.88. The summed E-state index contributed by atoms with van der Waals surface area (Å²) in [5, 5.41) is 11.1. The number of hydrogen-bond acceptors (Lipinski definition) is 8. The van der Waals surface area contributed by atoms with Gasteiger partial charge in [-0.3, -0.25) is 19.9 Å². The summed E-state index contributed by atoms with van der Waals surface area (Å²) in [7, 11) is 1.37. The molecular weight excluding hydrogens is 386 g/mol. The average Bonchev–Trinajstić information content (AvgIpc) is 3.21. The van der Waals surface area contributed by atoms with E-state index in [-0.39, 0.29) is 23.0 Å². The highest BCUT2D eigenvalue weighted by Crippen LogP contribution is 2.29. The van der Waals surface area contributed by atoms with Gasteiger partial charge in [-0.05, 0) is 35.9 Å². The molecule has 2 aromatic heterocycles. The Kier molecular flexibility index (Phi) is 5.39. The Bertz CT molecular complexity index is 1200. The van der Waals surface area contributed by atoms with Gasteiger partial charge in [0.05, 0.1) is 18.3 Å². The summed E-state index contributed by atoms with van der Waals surface area (Å²) in [5.41, 5.74) is -2.56. The third-order valence-corrected chi connectivity index (χ3v) is 3.68. The number of nitrogens with zero attached hydrogens (tertiary/aromatic N) is 1. The van der Waals surface area contributed by atoms with Crippen molar-refractivity contribution in [3.05, 3.63) is 84.6 Å². The minimum Gasteiger partial charge on any atom is -0.493 e. The van der Waals surface area contributed by atoms with Gasteiger partial charge in [0.25, 0.3) is 0 Å². The van der Waals surface area contributed by atoms with E-state index < -0.39 is 27.8 Å². The summed E-state index contributed by atoms with van der Waals surface area (Å²) < 4.78 is 15.4. The third kappa shape index (κ3) is 4.30. The zero-order chi connectivity index (χ0) is 21.0. The first-order valence-electron chi connectivity index (χ1n) is 8.02. The summed E-state index contributed by atoms with van der Waals surface area (Å²) >= 11 is 0. The summed E-state index contributed by atoms with van der Waals surface area (Å²) in [6.07, 6.45) is 3.95. The molecule has 29 heavy (non-hydrogen) atoms. The fourth-order valence-electron chi connectivity index (χ4n) is 2.40. The molecule has 0 aliphatic heterocycles. The lowest BCUT2D eigenvalue weighted by molar-refractivity contribution is -0.386. The number of methoxy groups -OCH3 is 1. The smallest absolute Gasteiger partial charge is 0.379 e. The Morgan fingerprint density at radius 3 is 2.62 bits per heavy atom. The molecule has 148 valence electrons. The lowest BCUT2D eigenvalue weighted by atomic mass is 10.1. The summed E-state index contributed by atoms with van der Waals surface area (Å²) in [5.74, 6) is -0.363. The molecule has 0 saturated heterocycles. The van der Waals surface area contributed by atoms with Crippen molar-refractivity contribution in [3.63, 3.8) is 0 Å². The second-order valence-electron chi connectivity index (χ2n) is 5.54. The van der Waals surface area contributed by atoms with Crippen LogP contribution in [-0.4, -0.2) is 28.0 Å². The molecule has 2 N–H and O–H groups in total. The Morgan fingerprint density at radius 1 is 1.17 bits per heavy atom. The maximum absolute atomic E-state index is 12.0. The van der Waals surface area contributed by atoms with Crippen LogP contribution in [0.25, 0.3) is 12.2 Å². The van der Waals surface area contributed by atoms with Crippen LogP contribution in [0.15, 0.2) is 50.6 Å². The topological polar surface area (TPSA) is 158 Å². The average molecular weight is 399 g/mol. The summed E-state index contributed by atoms with van der Waals surface area (Å²) in [4.78, 5) is 49.2. The molecule has 0 fully saturated rings. The zero-order valence-electron chi connectivity index (χ0n) is 14.8. The van der Waals surface area contributed by atoms with Gasteiger partial charge in [-0.1, -0.05) is 12.1 Å². The number of carbonyl (C=O) groups is 1. The number of rotatable bonds is 6. The molecule has 1 aromatic carbocycles. The lowest BCUT2D eigenvalue weighted by Crippen LogP contribution is -2.25. The molecule has 0 spiro atoms. The molecule has 3 aromatic rings. The number of furan rings is 1. The molecule has 0 unspecified atom stereocenters. The maximum atomic E-state index is 12.0. The second-order valence-corrected chi connectivity index (χ2v) is 5.54. The van der Waals surface area contributed by atoms with E-state index >= 15 is 0 Å². The molecule has 3 rings (SSSR count). The standard InChI is InChI=1S/C18H13N3O8/c1-27-14-9-10(5-7-12(14)29-17(23)13-3-2-8-28-13)4-6-11-15(21(25)26)16(22)20-18(24)19-11/h2-9H,1H3,(H2,19,20,22,24)/b6-4+. The Hall–Kier alpha value is -4.41. The van der Waals surface area contributed by atoms with E-state index in [4.69, 9.17) is 13.9 Å². The molecule has 0 radical (unpaired) electrons. The van der Waals surface area contributed by atoms with Crippen LogP contribution in [0, 0.1) is 10.1 Å². The van der Waals surface area contributed by atoms with Crippen molar-refractivity contribution >= 4 is 23.8 Å². The maximum Gasteiger partial charge on any atom is 0.379 e. The van der Waals surface area contributed by atoms with Gasteiger partial charge in [-0.2, -0.15) is 0 Å². The highest BCUT2D eigenvalue weighted by atomic mass is 16.6. The zero-order valence-corrected chi connectivity index (χ0v) is 14.8. The molecule has 0 bridgehead atoms. The van der Waals surface area contributed by atoms with Gasteiger partial charge in [-0.25, -0.2) is 9.59 Å². The molecule has 0 atom stereocenters. The quantitative estimate of drug-likeness (QED) is 0.275. The predicted molar refractivity (Wildman–Crippen MR) is 99.9 cm³/mol. The van der Waals surface area contributed by atoms with Crippen LogP contribution in [0.2, 0.25) is 0 Å². The number of aromatic amines is 2. The number of carbonyl (C=O) groups excluding carboxylic acids is 1. The highest BCUT2D eigenvalue weighted by Gasteiger charge is 2.19. The van der Waals surface area contributed by atoms with Gasteiger partial charge < -0.3 is 18.9 Å². The first-order chi connectivity index (χ1) is 13.9. The number of esters is 1. The Labute approximate surface area is 161 Å². The van der Waals surface area contributed by atoms with Crippen molar-refractivity contribution in [2.45, 2.75) is 0 Å². The van der Waals surface area contributed by atoms with E-state index in [0.717, 1.165) is 0 Å². The number of nitro groups is 1. The molecule has 2 heterocycles. The van der Waals surface area contributed by atoms with Crippen LogP contribution in [-0.2, 0) is 0 Å². The molecular formula is C18H13N3O8. The second kappa shape index (κ2) is 8.08. The van der Waals surface area contributed by atoms with Gasteiger partial charge in [0.2, 0.25) is 5.76 Å². The van der Waals surface area contributed by atoms with E-state index in [9.17, 15) is 24.5 Å². The van der Waals surface area contributed by atoms with E-state index in [1.807, 2.05) is 0 Å². The Balaban J connectivity index is 1.90. The molecule has 0 aliphatic rings. The van der Waals surface area contributed by atoms with Crippen molar-refractivity contribution in [1.82, 2.24) is 9.97 Å². The van der Waals surface area contributed by atoms with Gasteiger partial charge in [0.1, 0.15) is 5.69 Å². The van der Waals surface area contributed by atoms with Gasteiger partial charge in [-0.15, -0.1) is 0 Å². The van der Waals surface area contributed by atoms with Crippen LogP contribution >= 0.6 is 0 Å². The summed E-state index contributed by atoms with van der Waals surface area (Å²) in [6.45, 7) is 0. The molecule has 0 aliphatic carbocycles. The largest absolute Gasteiger partial charge is 0.493 e. The summed E-state index contributed by atoms with van der Waals surface area (Å²) in [6, 6.07) is 7.48. The van der Waals surface area contributed by atoms with Crippen molar-refractivity contribution in [2.24, 2.45) is 0 Å². The minimum atomic E-state index is -1.11. The molecule has 0 saturated carbocycles. The van der Waals surface area contributed by atoms with Crippen LogP contribution in [0.1, 0.15) is 21.8 Å². The minimum absolute atomic E-state index is 0.0154. The van der Waals surface area contributed by atoms with Crippen molar-refractivity contribution in [1.29, 1.82) is 0 Å².